The molecule has 10 saturated heterocycles. The van der Waals surface area contributed by atoms with Gasteiger partial charge in [0, 0.05) is 45.1 Å². The molecule has 0 unspecified atom stereocenters. The van der Waals surface area contributed by atoms with Crippen LogP contribution in [-0.4, -0.2) is 121 Å². The van der Waals surface area contributed by atoms with Gasteiger partial charge in [0.1, 0.15) is 36.3 Å². The minimum absolute atomic E-state index is 0.00807. The highest BCUT2D eigenvalue weighted by Gasteiger charge is 2.68. The largest absolute Gasteiger partial charge is 0.481 e. The Bertz CT molecular complexity index is 1400. The molecule has 10 heterocycles. The second-order valence-corrected chi connectivity index (χ2v) is 16.9. The molecule has 10 rings (SSSR count). The van der Waals surface area contributed by atoms with Crippen molar-refractivity contribution in [2.45, 2.75) is 188 Å². The Labute approximate surface area is 299 Å². The van der Waals surface area contributed by atoms with Crippen LogP contribution in [0.25, 0.3) is 0 Å². The second kappa shape index (κ2) is 13.5. The summed E-state index contributed by atoms with van der Waals surface area (Å²) in [4.78, 5) is 25.8. The molecule has 10 aliphatic rings. The molecule has 0 aromatic heterocycles. The quantitative estimate of drug-likeness (QED) is 0.420. The molecule has 12 nitrogen and oxygen atoms in total. The Hall–Kier alpha value is -1.74. The fourth-order valence-electron chi connectivity index (χ4n) is 11.1. The molecule has 1 spiro atoms. The summed E-state index contributed by atoms with van der Waals surface area (Å²) < 4.78 is 59.4. The summed E-state index contributed by atoms with van der Waals surface area (Å²) >= 11 is 0. The standard InChI is InChI=1S/C39H54O12/c1-18-11-22-5-7-26-19(2)12-24(44-26)9-10-39-17-31-35(50-39)36-37(49-31)38(51-39)34-27(48-36)8-6-23(46-34)13-21(40)14-25-29(15-28(45-22)20(18)3)47-30(16-32(41)42)33(25)43-4/h18,22-31,33-38H,2-3,5-17H2,1,4H3,(H,41,42)/t18-,22+,23-,24+,25+,26+,27+,28-,29+,30-,31-,33-,34+,35+,36+,37-,38+,39+/m1/s1. The van der Waals surface area contributed by atoms with Crippen molar-refractivity contribution >= 4 is 11.8 Å². The molecule has 51 heavy (non-hydrogen) atoms. The lowest BCUT2D eigenvalue weighted by Gasteiger charge is -2.47. The van der Waals surface area contributed by atoms with Crippen LogP contribution >= 0.6 is 0 Å². The summed E-state index contributed by atoms with van der Waals surface area (Å²) in [5, 5.41) is 9.72. The van der Waals surface area contributed by atoms with E-state index < -0.39 is 30.1 Å². The normalized spacial score (nSPS) is 52.4. The molecule has 282 valence electrons. The number of ether oxygens (including phenoxy) is 9. The van der Waals surface area contributed by atoms with Gasteiger partial charge in [-0.1, -0.05) is 20.1 Å². The molecule has 10 aliphatic heterocycles. The first-order valence-corrected chi connectivity index (χ1v) is 19.5. The van der Waals surface area contributed by atoms with Crippen LogP contribution in [0.1, 0.15) is 90.4 Å². The molecule has 0 aliphatic carbocycles. The molecule has 0 aromatic carbocycles. The van der Waals surface area contributed by atoms with Crippen molar-refractivity contribution in [2.24, 2.45) is 11.8 Å². The predicted molar refractivity (Wildman–Crippen MR) is 179 cm³/mol. The van der Waals surface area contributed by atoms with Crippen molar-refractivity contribution < 1.29 is 57.3 Å². The number of carboxylic acid groups (broad SMARTS) is 1. The molecule has 10 fully saturated rings. The minimum Gasteiger partial charge on any atom is -0.481 e. The van der Waals surface area contributed by atoms with Gasteiger partial charge in [-0.2, -0.15) is 0 Å². The fraction of sp³-hybridized carbons (Fsp3) is 0.846. The summed E-state index contributed by atoms with van der Waals surface area (Å²) in [6, 6.07) is 0. The molecule has 0 aromatic rings. The van der Waals surface area contributed by atoms with E-state index >= 15 is 0 Å². The number of carbonyl (C=O) groups excluding carboxylic acids is 1. The molecule has 1 N–H and O–H groups in total. The van der Waals surface area contributed by atoms with Gasteiger partial charge in [-0.25, -0.2) is 0 Å². The highest BCUT2D eigenvalue weighted by molar-refractivity contribution is 5.79. The van der Waals surface area contributed by atoms with Gasteiger partial charge < -0.3 is 47.7 Å². The monoisotopic (exact) mass is 714 g/mol. The third-order valence-corrected chi connectivity index (χ3v) is 13.6. The van der Waals surface area contributed by atoms with E-state index in [-0.39, 0.29) is 110 Å². The average molecular weight is 715 g/mol. The van der Waals surface area contributed by atoms with Crippen molar-refractivity contribution in [3.8, 4) is 0 Å². The van der Waals surface area contributed by atoms with Gasteiger partial charge in [0.2, 0.25) is 0 Å². The zero-order valence-electron chi connectivity index (χ0n) is 29.9. The van der Waals surface area contributed by atoms with E-state index in [1.54, 1.807) is 7.11 Å². The predicted octanol–water partition coefficient (Wildman–Crippen LogP) is 4.20. The molecule has 0 amide bonds. The Morgan fingerprint density at radius 1 is 0.784 bits per heavy atom. The van der Waals surface area contributed by atoms with Crippen LogP contribution < -0.4 is 0 Å². The topological polar surface area (TPSA) is 137 Å². The van der Waals surface area contributed by atoms with E-state index in [4.69, 9.17) is 42.6 Å². The van der Waals surface area contributed by atoms with E-state index in [0.29, 0.717) is 25.7 Å². The van der Waals surface area contributed by atoms with Crippen LogP contribution in [0.15, 0.2) is 24.3 Å². The number of carboxylic acids is 1. The van der Waals surface area contributed by atoms with Gasteiger partial charge in [-0.05, 0) is 62.0 Å². The number of Topliss-reactive ketones (excluding diaryl/α,β-unsaturated/α-hetero) is 1. The lowest BCUT2D eigenvalue weighted by Crippen LogP contribution is -2.61. The third-order valence-electron chi connectivity index (χ3n) is 13.6. The van der Waals surface area contributed by atoms with Crippen LogP contribution in [-0.2, 0) is 52.2 Å². The zero-order chi connectivity index (χ0) is 35.2. The Morgan fingerprint density at radius 3 is 2.35 bits per heavy atom. The summed E-state index contributed by atoms with van der Waals surface area (Å²) in [6.45, 7) is 11.0. The van der Waals surface area contributed by atoms with Gasteiger partial charge in [0.15, 0.2) is 5.79 Å². The lowest BCUT2D eigenvalue weighted by atomic mass is 9.81. The number of methoxy groups -OCH3 is 1. The molecule has 0 radical (unpaired) electrons. The van der Waals surface area contributed by atoms with Crippen molar-refractivity contribution in [2.75, 3.05) is 7.11 Å². The van der Waals surface area contributed by atoms with Gasteiger partial charge in [-0.3, -0.25) is 9.59 Å². The Kier molecular flexibility index (Phi) is 9.28. The van der Waals surface area contributed by atoms with Crippen LogP contribution in [0.2, 0.25) is 0 Å². The molecular formula is C39H54O12. The number of hydrogen-bond acceptors (Lipinski definition) is 11. The molecule has 12 bridgehead atoms. The number of ketones is 1. The number of hydrogen-bond donors (Lipinski definition) is 1. The van der Waals surface area contributed by atoms with Crippen molar-refractivity contribution in [1.82, 2.24) is 0 Å². The van der Waals surface area contributed by atoms with Gasteiger partial charge in [-0.15, -0.1) is 0 Å². The zero-order valence-corrected chi connectivity index (χ0v) is 29.9. The van der Waals surface area contributed by atoms with Crippen molar-refractivity contribution in [3.63, 3.8) is 0 Å². The Morgan fingerprint density at radius 2 is 1.53 bits per heavy atom. The SMILES string of the molecule is C=C1C[C@@H]2CC[C@@]34C[C@H]5O[C@H]6[C@@H](O3)[C@H]3O[C@H](CC[C@@H]3O[C@H]6[C@H]5O4)CC(=O)C[C@@H]3[C@@H](OC)[C@@H](CC(=O)O)O[C@H]3C[C@H]3O[C@@H](CC[C@@H]1O2)C[C@@H](C)C3=C. The van der Waals surface area contributed by atoms with E-state index in [1.165, 1.54) is 0 Å². The number of fused-ring (bicyclic) bond motifs is 6. The van der Waals surface area contributed by atoms with Gasteiger partial charge >= 0.3 is 5.97 Å². The summed E-state index contributed by atoms with van der Waals surface area (Å²) in [5.41, 5.74) is 2.13. The first-order chi connectivity index (χ1) is 24.6. The minimum atomic E-state index is -0.966. The maximum atomic E-state index is 14.0. The van der Waals surface area contributed by atoms with E-state index in [2.05, 4.69) is 20.1 Å². The molecular weight excluding hydrogens is 660 g/mol. The number of rotatable bonds is 3. The number of aliphatic carboxylic acids is 1. The van der Waals surface area contributed by atoms with Crippen LogP contribution in [0.4, 0.5) is 0 Å². The van der Waals surface area contributed by atoms with Crippen molar-refractivity contribution in [3.05, 3.63) is 24.3 Å². The third kappa shape index (κ3) is 6.38. The fourth-order valence-corrected chi connectivity index (χ4v) is 11.1. The summed E-state index contributed by atoms with van der Waals surface area (Å²) in [6.07, 6.45) is 3.77. The highest BCUT2D eigenvalue weighted by atomic mass is 16.8. The maximum absolute atomic E-state index is 14.0. The maximum Gasteiger partial charge on any atom is 0.306 e. The van der Waals surface area contributed by atoms with E-state index in [0.717, 1.165) is 49.7 Å². The highest BCUT2D eigenvalue weighted by Crippen LogP contribution is 2.54. The van der Waals surface area contributed by atoms with Crippen LogP contribution in [0, 0.1) is 11.8 Å². The summed E-state index contributed by atoms with van der Waals surface area (Å²) in [7, 11) is 1.57. The lowest BCUT2D eigenvalue weighted by molar-refractivity contribution is -0.292. The first-order valence-electron chi connectivity index (χ1n) is 19.5. The smallest absolute Gasteiger partial charge is 0.306 e. The van der Waals surface area contributed by atoms with E-state index in [1.807, 2.05) is 0 Å². The first kappa shape index (κ1) is 35.0. The summed E-state index contributed by atoms with van der Waals surface area (Å²) in [5.74, 6) is -1.81. The Balaban J connectivity index is 0.997. The average Bonchev–Trinajstić information content (AvgIpc) is 3.76. The van der Waals surface area contributed by atoms with Gasteiger partial charge in [0.05, 0.1) is 67.5 Å². The van der Waals surface area contributed by atoms with Gasteiger partial charge in [0.25, 0.3) is 0 Å². The molecule has 18 atom stereocenters. The molecule has 12 heteroatoms. The van der Waals surface area contributed by atoms with Crippen LogP contribution in [0.5, 0.6) is 0 Å². The van der Waals surface area contributed by atoms with E-state index in [9.17, 15) is 14.7 Å². The molecule has 0 saturated carbocycles. The van der Waals surface area contributed by atoms with Crippen molar-refractivity contribution in [1.29, 1.82) is 0 Å². The number of carbonyl (C=O) groups is 2. The van der Waals surface area contributed by atoms with Crippen LogP contribution in [0.3, 0.4) is 0 Å². The second-order valence-electron chi connectivity index (χ2n) is 16.9.